The molecule has 2 heterocycles. The Labute approximate surface area is 194 Å². The van der Waals surface area contributed by atoms with E-state index in [4.69, 9.17) is 13.9 Å². The lowest BCUT2D eigenvalue weighted by molar-refractivity contribution is -0.277. The van der Waals surface area contributed by atoms with Gasteiger partial charge in [-0.3, -0.25) is 0 Å². The Morgan fingerprint density at radius 2 is 1.54 bits per heavy atom. The van der Waals surface area contributed by atoms with Gasteiger partial charge in [0.1, 0.15) is 41.5 Å². The Morgan fingerprint density at radius 1 is 0.829 bits per heavy atom. The highest BCUT2D eigenvalue weighted by molar-refractivity contribution is 6.19. The monoisotopic (exact) mass is 488 g/mol. The van der Waals surface area contributed by atoms with Gasteiger partial charge in [-0.1, -0.05) is 12.1 Å². The maximum atomic E-state index is 12.8. The molecule has 35 heavy (non-hydrogen) atoms. The molecule has 0 bridgehead atoms. The highest BCUT2D eigenvalue weighted by Crippen LogP contribution is 2.47. The van der Waals surface area contributed by atoms with Crippen molar-refractivity contribution in [2.45, 2.75) is 30.7 Å². The van der Waals surface area contributed by atoms with Crippen LogP contribution in [-0.2, 0) is 4.74 Å². The van der Waals surface area contributed by atoms with Gasteiger partial charge in [-0.05, 0) is 18.2 Å². The lowest BCUT2D eigenvalue weighted by atomic mass is 9.98. The van der Waals surface area contributed by atoms with E-state index in [0.717, 1.165) is 12.1 Å². The molecular formula is C23H20O12. The summed E-state index contributed by atoms with van der Waals surface area (Å²) in [5.74, 6) is -2.90. The molecule has 8 N–H and O–H groups in total. The van der Waals surface area contributed by atoms with Gasteiger partial charge in [0.05, 0.1) is 17.4 Å². The van der Waals surface area contributed by atoms with Gasteiger partial charge in [0, 0.05) is 16.2 Å². The number of benzene rings is 3. The largest absolute Gasteiger partial charge is 0.507 e. The summed E-state index contributed by atoms with van der Waals surface area (Å²) in [6.07, 6.45) is -8.42. The molecule has 5 rings (SSSR count). The van der Waals surface area contributed by atoms with E-state index in [9.17, 15) is 45.6 Å². The zero-order valence-electron chi connectivity index (χ0n) is 17.7. The molecule has 3 aromatic carbocycles. The van der Waals surface area contributed by atoms with E-state index in [1.165, 1.54) is 18.2 Å². The predicted octanol–water partition coefficient (Wildman–Crippen LogP) is 0.100. The molecule has 0 aliphatic carbocycles. The Hall–Kier alpha value is -3.81. The molecule has 0 amide bonds. The van der Waals surface area contributed by atoms with Crippen LogP contribution in [0.3, 0.4) is 0 Å². The molecule has 184 valence electrons. The van der Waals surface area contributed by atoms with Crippen LogP contribution in [0, 0.1) is 0 Å². The first kappa shape index (κ1) is 23.0. The molecule has 1 aliphatic heterocycles. The number of aliphatic hydroxyl groups excluding tert-OH is 4. The molecule has 5 atom stereocenters. The molecule has 0 radical (unpaired) electrons. The van der Waals surface area contributed by atoms with Gasteiger partial charge < -0.3 is 54.7 Å². The van der Waals surface area contributed by atoms with E-state index in [2.05, 4.69) is 0 Å². The summed E-state index contributed by atoms with van der Waals surface area (Å²) in [4.78, 5) is 12.8. The standard InChI is InChI=1S/C23H20O12/c24-6-13-17(29)18(30)19(31)23(33-13)35-21-14-8-4-11(26)15-7(2-1-3-10(15)25)20(8)34-22(32)9(14)5-12(27)16(21)28/h1-5,13,17-19,23-31H,6H2/t13-,17-,18+,19-,23+/m1/s1. The van der Waals surface area contributed by atoms with E-state index in [1.807, 2.05) is 0 Å². The lowest BCUT2D eigenvalue weighted by Gasteiger charge is -2.39. The molecule has 1 saturated heterocycles. The van der Waals surface area contributed by atoms with Crippen molar-refractivity contribution < 1.29 is 54.7 Å². The molecule has 12 heteroatoms. The Morgan fingerprint density at radius 3 is 2.26 bits per heavy atom. The minimum atomic E-state index is -1.86. The number of fused-ring (bicyclic) bond motifs is 5. The minimum absolute atomic E-state index is 0.00176. The van der Waals surface area contributed by atoms with E-state index < -0.39 is 65.9 Å². The highest BCUT2D eigenvalue weighted by Gasteiger charge is 2.45. The fourth-order valence-electron chi connectivity index (χ4n) is 4.32. The summed E-state index contributed by atoms with van der Waals surface area (Å²) < 4.78 is 16.3. The predicted molar refractivity (Wildman–Crippen MR) is 119 cm³/mol. The number of aliphatic hydroxyl groups is 4. The summed E-state index contributed by atoms with van der Waals surface area (Å²) in [6.45, 7) is -0.743. The van der Waals surface area contributed by atoms with Crippen molar-refractivity contribution in [3.63, 3.8) is 0 Å². The van der Waals surface area contributed by atoms with Crippen LogP contribution in [0.25, 0.3) is 32.5 Å². The molecule has 0 spiro atoms. The number of aromatic hydroxyl groups is 4. The van der Waals surface area contributed by atoms with Crippen LogP contribution in [0.15, 0.2) is 39.5 Å². The number of ether oxygens (including phenoxy) is 2. The average molecular weight is 488 g/mol. The number of hydrogen-bond donors (Lipinski definition) is 8. The maximum absolute atomic E-state index is 12.8. The Balaban J connectivity index is 1.81. The number of rotatable bonds is 3. The van der Waals surface area contributed by atoms with E-state index >= 15 is 0 Å². The summed E-state index contributed by atoms with van der Waals surface area (Å²) in [6, 6.07) is 6.33. The van der Waals surface area contributed by atoms with E-state index in [0.29, 0.717) is 0 Å². The Bertz CT molecular complexity index is 1530. The number of hydrogen-bond acceptors (Lipinski definition) is 12. The minimum Gasteiger partial charge on any atom is -0.507 e. The molecule has 4 aromatic rings. The van der Waals surface area contributed by atoms with Crippen LogP contribution in [0.5, 0.6) is 28.7 Å². The van der Waals surface area contributed by atoms with E-state index in [-0.39, 0.29) is 38.3 Å². The summed E-state index contributed by atoms with van der Waals surface area (Å²) in [5.41, 5.74) is -1.05. The van der Waals surface area contributed by atoms with Crippen molar-refractivity contribution in [1.82, 2.24) is 0 Å². The molecule has 0 unspecified atom stereocenters. The van der Waals surface area contributed by atoms with Gasteiger partial charge in [-0.25, -0.2) is 4.79 Å². The van der Waals surface area contributed by atoms with Crippen LogP contribution in [0.1, 0.15) is 0 Å². The SMILES string of the molecule is O=c1oc2c3cccc(O)c3c(O)cc2c2c(O[C@@H]3O[C@H](CO)[C@@H](O)[C@H](O)[C@H]3O)c(O)c(O)cc12. The molecule has 1 aliphatic rings. The van der Waals surface area contributed by atoms with Gasteiger partial charge >= 0.3 is 5.63 Å². The molecule has 1 fully saturated rings. The smallest absolute Gasteiger partial charge is 0.344 e. The second-order valence-corrected chi connectivity index (χ2v) is 8.17. The van der Waals surface area contributed by atoms with Crippen molar-refractivity contribution in [1.29, 1.82) is 0 Å². The fraction of sp³-hybridized carbons (Fsp3) is 0.261. The molecular weight excluding hydrogens is 468 g/mol. The second kappa shape index (κ2) is 8.15. The van der Waals surface area contributed by atoms with Crippen molar-refractivity contribution in [2.24, 2.45) is 0 Å². The van der Waals surface area contributed by atoms with Crippen LogP contribution >= 0.6 is 0 Å². The third-order valence-electron chi connectivity index (χ3n) is 6.07. The van der Waals surface area contributed by atoms with Crippen molar-refractivity contribution in [3.05, 3.63) is 40.8 Å². The van der Waals surface area contributed by atoms with Crippen LogP contribution in [-0.4, -0.2) is 78.2 Å². The first-order valence-electron chi connectivity index (χ1n) is 10.4. The third kappa shape index (κ3) is 3.38. The lowest BCUT2D eigenvalue weighted by Crippen LogP contribution is -2.60. The summed E-state index contributed by atoms with van der Waals surface area (Å²) >= 11 is 0. The van der Waals surface area contributed by atoms with Gasteiger partial charge in [-0.15, -0.1) is 0 Å². The van der Waals surface area contributed by atoms with E-state index in [1.54, 1.807) is 0 Å². The topological polar surface area (TPSA) is 211 Å². The second-order valence-electron chi connectivity index (χ2n) is 8.17. The highest BCUT2D eigenvalue weighted by atomic mass is 16.7. The van der Waals surface area contributed by atoms with Crippen molar-refractivity contribution in [2.75, 3.05) is 6.61 Å². The van der Waals surface area contributed by atoms with Crippen LogP contribution in [0.2, 0.25) is 0 Å². The van der Waals surface area contributed by atoms with Gasteiger partial charge in [0.15, 0.2) is 11.5 Å². The van der Waals surface area contributed by atoms with Crippen LogP contribution < -0.4 is 10.4 Å². The van der Waals surface area contributed by atoms with Gasteiger partial charge in [0.2, 0.25) is 12.0 Å². The average Bonchev–Trinajstić information content (AvgIpc) is 2.83. The van der Waals surface area contributed by atoms with Crippen molar-refractivity contribution in [3.8, 4) is 28.7 Å². The zero-order valence-corrected chi connectivity index (χ0v) is 17.7. The van der Waals surface area contributed by atoms with Crippen LogP contribution in [0.4, 0.5) is 0 Å². The first-order valence-corrected chi connectivity index (χ1v) is 10.4. The van der Waals surface area contributed by atoms with Gasteiger partial charge in [-0.2, -0.15) is 0 Å². The van der Waals surface area contributed by atoms with Gasteiger partial charge in [0.25, 0.3) is 0 Å². The Kier molecular flexibility index (Phi) is 5.34. The fourth-order valence-corrected chi connectivity index (χ4v) is 4.32. The molecule has 0 saturated carbocycles. The molecule has 12 nitrogen and oxygen atoms in total. The summed E-state index contributed by atoms with van der Waals surface area (Å²) in [7, 11) is 0. The molecule has 1 aromatic heterocycles. The number of phenols is 4. The first-order chi connectivity index (χ1) is 16.6. The maximum Gasteiger partial charge on any atom is 0.344 e. The zero-order chi connectivity index (χ0) is 25.2. The number of phenolic OH excluding ortho intramolecular Hbond substituents is 4. The summed E-state index contributed by atoms with van der Waals surface area (Å²) in [5, 5.41) is 81.3. The quantitative estimate of drug-likeness (QED) is 0.110. The third-order valence-corrected chi connectivity index (χ3v) is 6.07. The van der Waals surface area contributed by atoms with Crippen molar-refractivity contribution >= 4 is 32.5 Å². The normalized spacial score (nSPS) is 24.9.